The monoisotopic (exact) mass is 150 g/mol. The van der Waals surface area contributed by atoms with Gasteiger partial charge < -0.3 is 5.11 Å². The summed E-state index contributed by atoms with van der Waals surface area (Å²) in [5, 5.41) is 8.57. The van der Waals surface area contributed by atoms with Crippen molar-refractivity contribution in [3.63, 3.8) is 0 Å². The molecule has 10 heavy (non-hydrogen) atoms. The zero-order valence-corrected chi connectivity index (χ0v) is 5.76. The van der Waals surface area contributed by atoms with Crippen LogP contribution in [0.15, 0.2) is 12.7 Å². The highest BCUT2D eigenvalue weighted by atomic mass is 19.3. The third kappa shape index (κ3) is 4.44. The van der Waals surface area contributed by atoms with E-state index in [9.17, 15) is 8.78 Å². The number of halogens is 2. The average Bonchev–Trinajstić information content (AvgIpc) is 1.88. The molecule has 0 radical (unpaired) electrons. The normalized spacial score (nSPS) is 13.6. The van der Waals surface area contributed by atoms with Gasteiger partial charge in [0.25, 0.3) is 6.43 Å². The number of unbranched alkanes of at least 4 members (excludes halogenated alkanes) is 1. The molecular weight excluding hydrogens is 138 g/mol. The third-order valence-electron chi connectivity index (χ3n) is 1.20. The Kier molecular flexibility index (Phi) is 5.12. The molecule has 0 spiro atoms. The molecule has 0 aliphatic carbocycles. The maximum atomic E-state index is 11.6. The number of hydrogen-bond donors (Lipinski definition) is 1. The second-order valence-electron chi connectivity index (χ2n) is 2.12. The number of hydrogen-bond acceptors (Lipinski definition) is 1. The van der Waals surface area contributed by atoms with E-state index in [1.165, 1.54) is 0 Å². The quantitative estimate of drug-likeness (QED) is 0.469. The van der Waals surface area contributed by atoms with Crippen LogP contribution in [0.25, 0.3) is 0 Å². The first-order valence-corrected chi connectivity index (χ1v) is 3.25. The van der Waals surface area contributed by atoms with Gasteiger partial charge in [0, 0.05) is 0 Å². The summed E-state index contributed by atoms with van der Waals surface area (Å²) in [6, 6.07) is 0. The van der Waals surface area contributed by atoms with Gasteiger partial charge in [-0.1, -0.05) is 6.08 Å². The molecule has 1 nitrogen and oxygen atoms in total. The van der Waals surface area contributed by atoms with E-state index in [1.54, 1.807) is 6.08 Å². The number of allylic oxidation sites excluding steroid dienone is 1. The number of rotatable bonds is 5. The van der Waals surface area contributed by atoms with Crippen LogP contribution in [0.4, 0.5) is 8.78 Å². The minimum Gasteiger partial charge on any atom is -0.387 e. The smallest absolute Gasteiger partial charge is 0.264 e. The van der Waals surface area contributed by atoms with Crippen molar-refractivity contribution in [2.45, 2.75) is 31.8 Å². The van der Waals surface area contributed by atoms with Gasteiger partial charge in [-0.15, -0.1) is 6.58 Å². The molecule has 0 aromatic carbocycles. The summed E-state index contributed by atoms with van der Waals surface area (Å²) in [6.45, 7) is 3.43. The molecule has 0 aromatic heterocycles. The third-order valence-corrected chi connectivity index (χ3v) is 1.20. The molecule has 0 aliphatic heterocycles. The van der Waals surface area contributed by atoms with Crippen LogP contribution < -0.4 is 0 Å². The molecule has 0 amide bonds. The fourth-order valence-corrected chi connectivity index (χ4v) is 0.597. The number of alkyl halides is 2. The van der Waals surface area contributed by atoms with E-state index in [0.29, 0.717) is 12.8 Å². The fourth-order valence-electron chi connectivity index (χ4n) is 0.597. The summed E-state index contributed by atoms with van der Waals surface area (Å²) in [7, 11) is 0. The van der Waals surface area contributed by atoms with Crippen LogP contribution in [0.2, 0.25) is 0 Å². The molecule has 0 aliphatic rings. The van der Waals surface area contributed by atoms with E-state index in [1.807, 2.05) is 0 Å². The van der Waals surface area contributed by atoms with Crippen molar-refractivity contribution in [3.05, 3.63) is 12.7 Å². The van der Waals surface area contributed by atoms with Crippen LogP contribution in [0.1, 0.15) is 19.3 Å². The van der Waals surface area contributed by atoms with E-state index in [0.717, 1.165) is 0 Å². The lowest BCUT2D eigenvalue weighted by Gasteiger charge is -2.06. The van der Waals surface area contributed by atoms with Crippen molar-refractivity contribution in [1.29, 1.82) is 0 Å². The van der Waals surface area contributed by atoms with Gasteiger partial charge in [-0.3, -0.25) is 0 Å². The minimum absolute atomic E-state index is 0.156. The minimum atomic E-state index is -2.61. The molecule has 0 saturated heterocycles. The van der Waals surface area contributed by atoms with Gasteiger partial charge in [-0.25, -0.2) is 8.78 Å². The fraction of sp³-hybridized carbons (Fsp3) is 0.714. The van der Waals surface area contributed by atoms with Crippen molar-refractivity contribution in [1.82, 2.24) is 0 Å². The van der Waals surface area contributed by atoms with Gasteiger partial charge in [0.2, 0.25) is 0 Å². The standard InChI is InChI=1S/C7H12F2O/c1-2-3-4-5-6(10)7(8)9/h2,6-7,10H,1,3-5H2. The van der Waals surface area contributed by atoms with Gasteiger partial charge in [0.1, 0.15) is 6.10 Å². The van der Waals surface area contributed by atoms with Crippen LogP contribution in [0.5, 0.6) is 0 Å². The molecule has 1 N–H and O–H groups in total. The van der Waals surface area contributed by atoms with Crippen LogP contribution in [-0.4, -0.2) is 17.6 Å². The van der Waals surface area contributed by atoms with Gasteiger partial charge in [-0.05, 0) is 19.3 Å². The predicted octanol–water partition coefficient (Wildman–Crippen LogP) is 1.97. The Labute approximate surface area is 59.4 Å². The summed E-state index contributed by atoms with van der Waals surface area (Å²) < 4.78 is 23.2. The van der Waals surface area contributed by atoms with Gasteiger partial charge in [0.05, 0.1) is 0 Å². The van der Waals surface area contributed by atoms with Gasteiger partial charge >= 0.3 is 0 Å². The van der Waals surface area contributed by atoms with E-state index in [4.69, 9.17) is 5.11 Å². The van der Waals surface area contributed by atoms with Crippen molar-refractivity contribution >= 4 is 0 Å². The first-order valence-electron chi connectivity index (χ1n) is 3.25. The Bertz CT molecular complexity index is 93.6. The van der Waals surface area contributed by atoms with Gasteiger partial charge in [-0.2, -0.15) is 0 Å². The zero-order valence-electron chi connectivity index (χ0n) is 5.76. The molecular formula is C7H12F2O. The molecule has 1 unspecified atom stereocenters. The van der Waals surface area contributed by atoms with Crippen LogP contribution in [0, 0.1) is 0 Å². The number of aliphatic hydroxyl groups is 1. The lowest BCUT2D eigenvalue weighted by atomic mass is 10.1. The van der Waals surface area contributed by atoms with Crippen molar-refractivity contribution < 1.29 is 13.9 Å². The van der Waals surface area contributed by atoms with Crippen molar-refractivity contribution in [2.75, 3.05) is 0 Å². The highest BCUT2D eigenvalue weighted by Crippen LogP contribution is 2.08. The molecule has 60 valence electrons. The highest BCUT2D eigenvalue weighted by Gasteiger charge is 2.14. The Morgan fingerprint density at radius 2 is 2.10 bits per heavy atom. The molecule has 0 saturated carbocycles. The topological polar surface area (TPSA) is 20.2 Å². The van der Waals surface area contributed by atoms with E-state index in [-0.39, 0.29) is 6.42 Å². The maximum absolute atomic E-state index is 11.6. The first kappa shape index (κ1) is 9.56. The largest absolute Gasteiger partial charge is 0.387 e. The maximum Gasteiger partial charge on any atom is 0.264 e. The van der Waals surface area contributed by atoms with Crippen LogP contribution >= 0.6 is 0 Å². The summed E-state index contributed by atoms with van der Waals surface area (Å²) >= 11 is 0. The van der Waals surface area contributed by atoms with Crippen LogP contribution in [-0.2, 0) is 0 Å². The SMILES string of the molecule is C=CCCCC(O)C(F)F. The molecule has 1 atom stereocenters. The first-order chi connectivity index (χ1) is 4.68. The lowest BCUT2D eigenvalue weighted by Crippen LogP contribution is -2.16. The predicted molar refractivity (Wildman–Crippen MR) is 36.1 cm³/mol. The van der Waals surface area contributed by atoms with Crippen molar-refractivity contribution in [2.24, 2.45) is 0 Å². The van der Waals surface area contributed by atoms with Crippen LogP contribution in [0.3, 0.4) is 0 Å². The summed E-state index contributed by atoms with van der Waals surface area (Å²) in [5.41, 5.74) is 0. The molecule has 0 bridgehead atoms. The Hall–Kier alpha value is -0.440. The second kappa shape index (κ2) is 5.35. The molecule has 0 fully saturated rings. The summed E-state index contributed by atoms with van der Waals surface area (Å²) in [6.07, 6.45) is -0.995. The van der Waals surface area contributed by atoms with Crippen molar-refractivity contribution in [3.8, 4) is 0 Å². The van der Waals surface area contributed by atoms with Gasteiger partial charge in [0.15, 0.2) is 0 Å². The Morgan fingerprint density at radius 3 is 2.50 bits per heavy atom. The van der Waals surface area contributed by atoms with E-state index in [2.05, 4.69) is 6.58 Å². The summed E-state index contributed by atoms with van der Waals surface area (Å²) in [4.78, 5) is 0. The molecule has 0 rings (SSSR count). The molecule has 3 heteroatoms. The average molecular weight is 150 g/mol. The Balaban J connectivity index is 3.21. The van der Waals surface area contributed by atoms with E-state index >= 15 is 0 Å². The summed E-state index contributed by atoms with van der Waals surface area (Å²) in [5.74, 6) is 0. The van der Waals surface area contributed by atoms with E-state index < -0.39 is 12.5 Å². The lowest BCUT2D eigenvalue weighted by molar-refractivity contribution is -0.00956. The number of aliphatic hydroxyl groups excluding tert-OH is 1. The zero-order chi connectivity index (χ0) is 7.98. The highest BCUT2D eigenvalue weighted by molar-refractivity contribution is 4.67. The second-order valence-corrected chi connectivity index (χ2v) is 2.12. The Morgan fingerprint density at radius 1 is 1.50 bits per heavy atom. The molecule has 0 aromatic rings. The molecule has 0 heterocycles.